The Labute approximate surface area is 133 Å². The average molecular weight is 317 g/mol. The van der Waals surface area contributed by atoms with Gasteiger partial charge in [0, 0.05) is 12.1 Å². The molecule has 1 aromatic carbocycles. The number of hydrogen-bond donors (Lipinski definition) is 2. The van der Waals surface area contributed by atoms with Crippen LogP contribution in [0, 0.1) is 5.82 Å². The standard InChI is InChI=1S/C17H20FN3O2/c1-3-13-14(17(23)21-20-15(13)4-2)10-19-16(22)9-11-6-5-7-12(18)8-11/h5-8H,3-4,9-10H2,1-2H3,(H,19,22)(H,21,23). The zero-order valence-electron chi connectivity index (χ0n) is 13.3. The molecule has 1 amide bonds. The van der Waals surface area contributed by atoms with Crippen LogP contribution in [0.4, 0.5) is 4.39 Å². The third-order valence-electron chi connectivity index (χ3n) is 3.68. The van der Waals surface area contributed by atoms with E-state index < -0.39 is 0 Å². The van der Waals surface area contributed by atoms with Gasteiger partial charge in [-0.05, 0) is 36.1 Å². The molecular weight excluding hydrogens is 297 g/mol. The number of carbonyl (C=O) groups excluding carboxylic acids is 1. The first-order valence-corrected chi connectivity index (χ1v) is 7.65. The van der Waals surface area contributed by atoms with Crippen LogP contribution in [-0.4, -0.2) is 16.1 Å². The van der Waals surface area contributed by atoms with Gasteiger partial charge in [-0.2, -0.15) is 5.10 Å². The fraction of sp³-hybridized carbons (Fsp3) is 0.353. The van der Waals surface area contributed by atoms with Gasteiger partial charge in [0.15, 0.2) is 0 Å². The molecular formula is C17H20FN3O2. The lowest BCUT2D eigenvalue weighted by molar-refractivity contribution is -0.120. The van der Waals surface area contributed by atoms with Crippen molar-refractivity contribution < 1.29 is 9.18 Å². The average Bonchev–Trinajstić information content (AvgIpc) is 2.53. The molecule has 23 heavy (non-hydrogen) atoms. The summed E-state index contributed by atoms with van der Waals surface area (Å²) in [6, 6.07) is 5.91. The van der Waals surface area contributed by atoms with Crippen molar-refractivity contribution in [3.63, 3.8) is 0 Å². The van der Waals surface area contributed by atoms with Gasteiger partial charge in [-0.1, -0.05) is 26.0 Å². The zero-order chi connectivity index (χ0) is 16.8. The van der Waals surface area contributed by atoms with E-state index in [4.69, 9.17) is 0 Å². The van der Waals surface area contributed by atoms with Gasteiger partial charge >= 0.3 is 0 Å². The van der Waals surface area contributed by atoms with E-state index in [1.807, 2.05) is 13.8 Å². The number of aromatic nitrogens is 2. The van der Waals surface area contributed by atoms with Crippen molar-refractivity contribution in [2.75, 3.05) is 0 Å². The maximum absolute atomic E-state index is 13.1. The van der Waals surface area contributed by atoms with Crippen LogP contribution in [0.5, 0.6) is 0 Å². The minimum atomic E-state index is -0.373. The Hall–Kier alpha value is -2.50. The molecule has 2 N–H and O–H groups in total. The molecule has 1 aromatic heterocycles. The molecule has 6 heteroatoms. The molecule has 1 heterocycles. The number of H-pyrrole nitrogens is 1. The summed E-state index contributed by atoms with van der Waals surface area (Å²) in [5.74, 6) is -0.631. The highest BCUT2D eigenvalue weighted by Gasteiger charge is 2.13. The molecule has 0 atom stereocenters. The molecule has 122 valence electrons. The summed E-state index contributed by atoms with van der Waals surface area (Å²) in [7, 11) is 0. The lowest BCUT2D eigenvalue weighted by Gasteiger charge is -2.11. The molecule has 0 radical (unpaired) electrons. The first-order chi connectivity index (χ1) is 11.0. The molecule has 0 bridgehead atoms. The third-order valence-corrected chi connectivity index (χ3v) is 3.68. The highest BCUT2D eigenvalue weighted by molar-refractivity contribution is 5.78. The van der Waals surface area contributed by atoms with Crippen LogP contribution in [0.25, 0.3) is 0 Å². The van der Waals surface area contributed by atoms with Crippen molar-refractivity contribution in [1.82, 2.24) is 15.5 Å². The summed E-state index contributed by atoms with van der Waals surface area (Å²) >= 11 is 0. The Balaban J connectivity index is 2.08. The largest absolute Gasteiger partial charge is 0.352 e. The van der Waals surface area contributed by atoms with E-state index in [-0.39, 0.29) is 30.2 Å². The van der Waals surface area contributed by atoms with E-state index in [0.29, 0.717) is 24.0 Å². The SMILES string of the molecule is CCc1n[nH]c(=O)c(CNC(=O)Cc2cccc(F)c2)c1CC. The van der Waals surface area contributed by atoms with E-state index >= 15 is 0 Å². The summed E-state index contributed by atoms with van der Waals surface area (Å²) in [4.78, 5) is 24.0. The zero-order valence-corrected chi connectivity index (χ0v) is 13.3. The molecule has 0 aliphatic heterocycles. The van der Waals surface area contributed by atoms with Gasteiger partial charge in [0.2, 0.25) is 5.91 Å². The van der Waals surface area contributed by atoms with E-state index in [2.05, 4.69) is 15.5 Å². The number of nitrogens with one attached hydrogen (secondary N) is 2. The summed E-state index contributed by atoms with van der Waals surface area (Å²) in [6.45, 7) is 4.06. The van der Waals surface area contributed by atoms with Gasteiger partial charge < -0.3 is 5.32 Å². The minimum Gasteiger partial charge on any atom is -0.352 e. The number of amides is 1. The molecule has 0 saturated heterocycles. The monoisotopic (exact) mass is 317 g/mol. The summed E-state index contributed by atoms with van der Waals surface area (Å²) in [5.41, 5.74) is 2.55. The first-order valence-electron chi connectivity index (χ1n) is 7.65. The van der Waals surface area contributed by atoms with Gasteiger partial charge in [0.1, 0.15) is 5.82 Å². The molecule has 0 unspecified atom stereocenters. The maximum Gasteiger partial charge on any atom is 0.269 e. The van der Waals surface area contributed by atoms with E-state index in [9.17, 15) is 14.0 Å². The number of aromatic amines is 1. The predicted octanol–water partition coefficient (Wildman–Crippen LogP) is 1.89. The Morgan fingerprint density at radius 1 is 1.26 bits per heavy atom. The Morgan fingerprint density at radius 3 is 2.70 bits per heavy atom. The van der Waals surface area contributed by atoms with Gasteiger partial charge in [0.25, 0.3) is 5.56 Å². The number of halogens is 1. The van der Waals surface area contributed by atoms with Crippen LogP contribution in [0.2, 0.25) is 0 Å². The van der Waals surface area contributed by atoms with Crippen LogP contribution in [0.1, 0.15) is 36.2 Å². The van der Waals surface area contributed by atoms with Crippen molar-refractivity contribution >= 4 is 5.91 Å². The molecule has 5 nitrogen and oxygen atoms in total. The summed E-state index contributed by atoms with van der Waals surface area (Å²) < 4.78 is 13.1. The maximum atomic E-state index is 13.1. The second kappa shape index (κ2) is 7.67. The molecule has 0 fully saturated rings. The lowest BCUT2D eigenvalue weighted by Crippen LogP contribution is -2.30. The van der Waals surface area contributed by atoms with Crippen LogP contribution >= 0.6 is 0 Å². The van der Waals surface area contributed by atoms with Gasteiger partial charge in [0.05, 0.1) is 12.1 Å². The highest BCUT2D eigenvalue weighted by atomic mass is 19.1. The fourth-order valence-corrected chi connectivity index (χ4v) is 2.54. The Bertz CT molecular complexity index is 756. The van der Waals surface area contributed by atoms with Gasteiger partial charge in [-0.25, -0.2) is 9.49 Å². The topological polar surface area (TPSA) is 74.8 Å². The number of benzene rings is 1. The molecule has 2 aromatic rings. The summed E-state index contributed by atoms with van der Waals surface area (Å²) in [6.07, 6.45) is 1.46. The molecule has 0 aliphatic carbocycles. The van der Waals surface area contributed by atoms with Crippen molar-refractivity contribution in [3.05, 3.63) is 62.8 Å². The van der Waals surface area contributed by atoms with E-state index in [1.165, 1.54) is 12.1 Å². The fourth-order valence-electron chi connectivity index (χ4n) is 2.54. The quantitative estimate of drug-likeness (QED) is 0.854. The Kier molecular flexibility index (Phi) is 5.62. The Morgan fingerprint density at radius 2 is 2.04 bits per heavy atom. The van der Waals surface area contributed by atoms with Crippen LogP contribution in [0.3, 0.4) is 0 Å². The smallest absolute Gasteiger partial charge is 0.269 e. The molecule has 0 aliphatic rings. The van der Waals surface area contributed by atoms with Gasteiger partial charge in [-0.15, -0.1) is 0 Å². The number of nitrogens with zero attached hydrogens (tertiary/aromatic N) is 1. The van der Waals surface area contributed by atoms with Crippen molar-refractivity contribution in [3.8, 4) is 0 Å². The summed E-state index contributed by atoms with van der Waals surface area (Å²) in [5, 5.41) is 9.23. The first kappa shape index (κ1) is 16.9. The second-order valence-corrected chi connectivity index (χ2v) is 5.25. The molecule has 0 saturated carbocycles. The lowest BCUT2D eigenvalue weighted by atomic mass is 10.0. The molecule has 2 rings (SSSR count). The highest BCUT2D eigenvalue weighted by Crippen LogP contribution is 2.10. The van der Waals surface area contributed by atoms with Crippen LogP contribution in [0.15, 0.2) is 29.1 Å². The van der Waals surface area contributed by atoms with Crippen molar-refractivity contribution in [1.29, 1.82) is 0 Å². The van der Waals surface area contributed by atoms with E-state index in [0.717, 1.165) is 11.3 Å². The normalized spacial score (nSPS) is 10.6. The number of carbonyl (C=O) groups is 1. The third kappa shape index (κ3) is 4.25. The van der Waals surface area contributed by atoms with Crippen LogP contribution in [-0.2, 0) is 30.6 Å². The predicted molar refractivity (Wildman–Crippen MR) is 85.6 cm³/mol. The molecule has 0 spiro atoms. The second-order valence-electron chi connectivity index (χ2n) is 5.25. The van der Waals surface area contributed by atoms with Crippen LogP contribution < -0.4 is 10.9 Å². The number of hydrogen-bond acceptors (Lipinski definition) is 3. The minimum absolute atomic E-state index is 0.0723. The van der Waals surface area contributed by atoms with Crippen molar-refractivity contribution in [2.45, 2.75) is 39.7 Å². The number of rotatable bonds is 6. The van der Waals surface area contributed by atoms with Crippen molar-refractivity contribution in [2.24, 2.45) is 0 Å². The van der Waals surface area contributed by atoms with Gasteiger partial charge in [-0.3, -0.25) is 9.59 Å². The number of aryl methyl sites for hydroxylation is 1. The van der Waals surface area contributed by atoms with E-state index in [1.54, 1.807) is 12.1 Å².